The number of thiophene rings is 2. The van der Waals surface area contributed by atoms with Crippen molar-refractivity contribution in [3.63, 3.8) is 0 Å². The molecule has 1 aliphatic heterocycles. The molecule has 0 atom stereocenters. The van der Waals surface area contributed by atoms with Crippen molar-refractivity contribution in [3.05, 3.63) is 57.2 Å². The fourth-order valence-corrected chi connectivity index (χ4v) is 5.95. The zero-order valence-corrected chi connectivity index (χ0v) is 16.0. The lowest BCUT2D eigenvalue weighted by Gasteiger charge is -2.35. The van der Waals surface area contributed by atoms with Gasteiger partial charge in [0, 0.05) is 47.7 Å². The second kappa shape index (κ2) is 6.52. The van der Waals surface area contributed by atoms with Crippen LogP contribution in [0.15, 0.2) is 41.9 Å². The van der Waals surface area contributed by atoms with Gasteiger partial charge in [-0.25, -0.2) is 4.98 Å². The van der Waals surface area contributed by atoms with Crippen molar-refractivity contribution in [2.75, 3.05) is 31.1 Å². The molecular weight excluding hydrogens is 362 g/mol. The van der Waals surface area contributed by atoms with Crippen molar-refractivity contribution in [2.24, 2.45) is 0 Å². The summed E-state index contributed by atoms with van der Waals surface area (Å²) in [7, 11) is 0. The van der Waals surface area contributed by atoms with E-state index < -0.39 is 0 Å². The number of fused-ring (bicyclic) bond motifs is 3. The van der Waals surface area contributed by atoms with Gasteiger partial charge in [-0.3, -0.25) is 4.79 Å². The van der Waals surface area contributed by atoms with Crippen molar-refractivity contribution < 1.29 is 4.79 Å². The summed E-state index contributed by atoms with van der Waals surface area (Å²) in [5.74, 6) is 1.18. The van der Waals surface area contributed by atoms with Gasteiger partial charge in [0.05, 0.1) is 4.88 Å². The lowest BCUT2D eigenvalue weighted by molar-refractivity contribution is 0.0751. The molecule has 4 heterocycles. The van der Waals surface area contributed by atoms with Crippen molar-refractivity contribution in [3.8, 4) is 10.4 Å². The van der Waals surface area contributed by atoms with Crippen molar-refractivity contribution >= 4 is 34.4 Å². The number of hydrogen-bond donors (Lipinski definition) is 0. The molecule has 3 aromatic rings. The van der Waals surface area contributed by atoms with E-state index in [4.69, 9.17) is 0 Å². The fraction of sp³-hybridized carbons (Fsp3) is 0.300. The van der Waals surface area contributed by atoms with Gasteiger partial charge in [-0.2, -0.15) is 0 Å². The zero-order valence-electron chi connectivity index (χ0n) is 14.4. The summed E-state index contributed by atoms with van der Waals surface area (Å²) in [6.45, 7) is 3.17. The van der Waals surface area contributed by atoms with E-state index in [1.165, 1.54) is 20.9 Å². The van der Waals surface area contributed by atoms with E-state index in [0.717, 1.165) is 49.7 Å². The van der Waals surface area contributed by atoms with E-state index in [1.807, 2.05) is 40.6 Å². The highest BCUT2D eigenvalue weighted by Gasteiger charge is 2.27. The molecule has 5 rings (SSSR count). The zero-order chi connectivity index (χ0) is 17.5. The van der Waals surface area contributed by atoms with Gasteiger partial charge in [0.25, 0.3) is 5.91 Å². The van der Waals surface area contributed by atoms with Gasteiger partial charge in [0.2, 0.25) is 0 Å². The Labute approximate surface area is 160 Å². The van der Waals surface area contributed by atoms with E-state index in [0.29, 0.717) is 0 Å². The second-order valence-electron chi connectivity index (χ2n) is 6.69. The number of carbonyl (C=O) groups excluding carboxylic acids is 1. The number of pyridine rings is 1. The molecular formula is C20H19N3OS2. The number of aryl methyl sites for hydroxylation is 2. The van der Waals surface area contributed by atoms with Crippen LogP contribution >= 0.6 is 22.7 Å². The van der Waals surface area contributed by atoms with Gasteiger partial charge < -0.3 is 9.80 Å². The number of nitrogens with zero attached hydrogens (tertiary/aromatic N) is 3. The third kappa shape index (κ3) is 2.73. The van der Waals surface area contributed by atoms with Crippen molar-refractivity contribution in [2.45, 2.75) is 12.8 Å². The van der Waals surface area contributed by atoms with E-state index in [2.05, 4.69) is 27.4 Å². The number of anilines is 1. The molecule has 0 N–H and O–H groups in total. The second-order valence-corrected chi connectivity index (χ2v) is 8.74. The van der Waals surface area contributed by atoms with Crippen LogP contribution in [0.5, 0.6) is 0 Å². The molecule has 132 valence electrons. The fourth-order valence-electron chi connectivity index (χ4n) is 3.77. The molecule has 0 spiro atoms. The van der Waals surface area contributed by atoms with Crippen molar-refractivity contribution in [1.82, 2.24) is 9.88 Å². The average Bonchev–Trinajstić information content (AvgIpc) is 3.34. The number of piperazine rings is 1. The monoisotopic (exact) mass is 381 g/mol. The summed E-state index contributed by atoms with van der Waals surface area (Å²) in [5, 5.41) is 2.16. The molecule has 0 saturated carbocycles. The molecule has 0 bridgehead atoms. The van der Waals surface area contributed by atoms with Gasteiger partial charge in [-0.15, -0.1) is 22.7 Å². The quantitative estimate of drug-likeness (QED) is 0.675. The Morgan fingerprint density at radius 3 is 2.77 bits per heavy atom. The molecule has 6 heteroatoms. The third-order valence-electron chi connectivity index (χ3n) is 5.17. The van der Waals surface area contributed by atoms with Crippen molar-refractivity contribution in [1.29, 1.82) is 0 Å². The van der Waals surface area contributed by atoms with Crippen LogP contribution in [0.4, 0.5) is 5.82 Å². The first kappa shape index (κ1) is 16.0. The highest BCUT2D eigenvalue weighted by atomic mass is 32.1. The number of aromatic nitrogens is 1. The highest BCUT2D eigenvalue weighted by molar-refractivity contribution is 7.18. The van der Waals surface area contributed by atoms with Gasteiger partial charge in [0.1, 0.15) is 5.82 Å². The predicted molar refractivity (Wildman–Crippen MR) is 107 cm³/mol. The molecule has 2 aliphatic rings. The van der Waals surface area contributed by atoms with E-state index in [-0.39, 0.29) is 5.91 Å². The van der Waals surface area contributed by atoms with Crippen LogP contribution in [0.2, 0.25) is 0 Å². The minimum Gasteiger partial charge on any atom is -0.353 e. The molecule has 26 heavy (non-hydrogen) atoms. The maximum absolute atomic E-state index is 13.0. The van der Waals surface area contributed by atoms with Crippen LogP contribution in [0.1, 0.15) is 20.1 Å². The minimum absolute atomic E-state index is 0.182. The Balaban J connectivity index is 1.32. The summed E-state index contributed by atoms with van der Waals surface area (Å²) >= 11 is 3.50. The van der Waals surface area contributed by atoms with Crippen LogP contribution in [0.25, 0.3) is 10.4 Å². The SMILES string of the molecule is O=C(c1cc2c(s1)-c1ccsc1CC2)N1CCN(c2ccccn2)CC1. The minimum atomic E-state index is 0.182. The normalized spacial score (nSPS) is 16.3. The lowest BCUT2D eigenvalue weighted by Crippen LogP contribution is -2.48. The summed E-state index contributed by atoms with van der Waals surface area (Å²) < 4.78 is 0. The Hall–Kier alpha value is -2.18. The van der Waals surface area contributed by atoms with Crippen LogP contribution in [0.3, 0.4) is 0 Å². The molecule has 1 aliphatic carbocycles. The Kier molecular flexibility index (Phi) is 4.02. The van der Waals surface area contributed by atoms with E-state index in [1.54, 1.807) is 11.3 Å². The van der Waals surface area contributed by atoms with Gasteiger partial charge in [-0.1, -0.05) is 6.07 Å². The molecule has 0 radical (unpaired) electrons. The predicted octanol–water partition coefficient (Wildman–Crippen LogP) is 3.93. The maximum Gasteiger partial charge on any atom is 0.264 e. The lowest BCUT2D eigenvalue weighted by atomic mass is 9.98. The van der Waals surface area contributed by atoms with Gasteiger partial charge >= 0.3 is 0 Å². The first-order valence-corrected chi connectivity index (χ1v) is 10.6. The molecule has 1 amide bonds. The topological polar surface area (TPSA) is 36.4 Å². The first-order valence-electron chi connectivity index (χ1n) is 8.94. The summed E-state index contributed by atoms with van der Waals surface area (Å²) in [4.78, 5) is 25.3. The standard InChI is InChI=1S/C20H19N3OS2/c24-20(23-10-8-22(9-11-23)18-3-1-2-7-21-18)17-13-14-4-5-16-15(6-12-25-16)19(14)26-17/h1-3,6-7,12-13H,4-5,8-11H2. The Bertz CT molecular complexity index is 939. The smallest absolute Gasteiger partial charge is 0.264 e. The van der Waals surface area contributed by atoms with Gasteiger partial charge in [0.15, 0.2) is 0 Å². The number of rotatable bonds is 2. The number of carbonyl (C=O) groups is 1. The third-order valence-corrected chi connectivity index (χ3v) is 7.35. The Morgan fingerprint density at radius 1 is 1.08 bits per heavy atom. The number of amides is 1. The molecule has 0 aromatic carbocycles. The van der Waals surface area contributed by atoms with Crippen LogP contribution in [-0.4, -0.2) is 42.0 Å². The average molecular weight is 382 g/mol. The summed E-state index contributed by atoms with van der Waals surface area (Å²) in [6, 6.07) is 10.3. The molecule has 4 nitrogen and oxygen atoms in total. The summed E-state index contributed by atoms with van der Waals surface area (Å²) in [5.41, 5.74) is 2.69. The van der Waals surface area contributed by atoms with E-state index >= 15 is 0 Å². The largest absolute Gasteiger partial charge is 0.353 e. The Morgan fingerprint density at radius 2 is 1.96 bits per heavy atom. The van der Waals surface area contributed by atoms with E-state index in [9.17, 15) is 4.79 Å². The molecule has 1 fully saturated rings. The highest BCUT2D eigenvalue weighted by Crippen LogP contribution is 2.42. The van der Waals surface area contributed by atoms with Crippen LogP contribution < -0.4 is 4.90 Å². The molecule has 3 aromatic heterocycles. The van der Waals surface area contributed by atoms with Crippen LogP contribution in [0, 0.1) is 0 Å². The first-order chi connectivity index (χ1) is 12.8. The van der Waals surface area contributed by atoms with Crippen LogP contribution in [-0.2, 0) is 12.8 Å². The maximum atomic E-state index is 13.0. The molecule has 0 unspecified atom stereocenters. The van der Waals surface area contributed by atoms with Gasteiger partial charge in [-0.05, 0) is 48.1 Å². The number of hydrogen-bond acceptors (Lipinski definition) is 5. The molecule has 1 saturated heterocycles. The summed E-state index contributed by atoms with van der Waals surface area (Å²) in [6.07, 6.45) is 3.98.